The first-order chi connectivity index (χ1) is 20.4. The van der Waals surface area contributed by atoms with Crippen LogP contribution in [0.15, 0.2) is 48.5 Å². The largest absolute Gasteiger partial charge is 0.573 e. The van der Waals surface area contributed by atoms with E-state index in [1.54, 1.807) is 6.92 Å². The maximum atomic E-state index is 14.8. The zero-order valence-corrected chi connectivity index (χ0v) is 22.8. The molecule has 0 atom stereocenters. The molecule has 0 bridgehead atoms. The number of rotatable bonds is 7. The second-order valence-electron chi connectivity index (χ2n) is 9.49. The molecule has 3 aromatic carbocycles. The number of hydrogen-bond donors (Lipinski definition) is 0. The van der Waals surface area contributed by atoms with Crippen LogP contribution in [0.3, 0.4) is 0 Å². The molecule has 1 fully saturated rings. The van der Waals surface area contributed by atoms with E-state index in [2.05, 4.69) is 16.6 Å². The molecule has 0 spiro atoms. The topological polar surface area (TPSA) is 36.9 Å². The van der Waals surface area contributed by atoms with Gasteiger partial charge < -0.3 is 18.9 Å². The quantitative estimate of drug-likeness (QED) is 0.153. The summed E-state index contributed by atoms with van der Waals surface area (Å²) < 4.78 is 130. The van der Waals surface area contributed by atoms with E-state index >= 15 is 0 Å². The lowest BCUT2D eigenvalue weighted by molar-refractivity contribution is -0.275. The molecule has 4 nitrogen and oxygen atoms in total. The van der Waals surface area contributed by atoms with Crippen LogP contribution < -0.4 is 9.47 Å². The Kier molecular flexibility index (Phi) is 9.98. The third-order valence-corrected chi connectivity index (χ3v) is 6.18. The summed E-state index contributed by atoms with van der Waals surface area (Å²) in [5, 5.41) is 0. The molecule has 0 aliphatic carbocycles. The van der Waals surface area contributed by atoms with Crippen molar-refractivity contribution in [2.75, 3.05) is 19.8 Å². The average Bonchev–Trinajstić information content (AvgIpc) is 2.95. The van der Waals surface area contributed by atoms with Gasteiger partial charge in [0.15, 0.2) is 23.2 Å². The third-order valence-electron chi connectivity index (χ3n) is 6.18. The van der Waals surface area contributed by atoms with Crippen molar-refractivity contribution in [3.05, 3.63) is 93.8 Å². The molecule has 0 amide bonds. The van der Waals surface area contributed by atoms with Crippen LogP contribution in [0.2, 0.25) is 0 Å². The molecule has 228 valence electrons. The van der Waals surface area contributed by atoms with Crippen LogP contribution in [0.4, 0.5) is 35.1 Å². The van der Waals surface area contributed by atoms with Crippen LogP contribution in [0, 0.1) is 36.2 Å². The van der Waals surface area contributed by atoms with Crippen LogP contribution in [0.25, 0.3) is 11.7 Å². The van der Waals surface area contributed by atoms with Crippen molar-refractivity contribution in [3.63, 3.8) is 0 Å². The lowest BCUT2D eigenvalue weighted by Gasteiger charge is -2.27. The number of alkyl halides is 3. The molecule has 0 saturated carbocycles. The molecule has 1 saturated heterocycles. The maximum absolute atomic E-state index is 14.8. The zero-order valence-electron chi connectivity index (χ0n) is 22.8. The van der Waals surface area contributed by atoms with Crippen molar-refractivity contribution in [3.8, 4) is 23.3 Å². The van der Waals surface area contributed by atoms with Crippen molar-refractivity contribution in [1.29, 1.82) is 0 Å². The minimum atomic E-state index is -5.10. The normalized spacial score (nSPS) is 17.5. The number of hydrogen-bond acceptors (Lipinski definition) is 4. The third kappa shape index (κ3) is 8.06. The summed E-state index contributed by atoms with van der Waals surface area (Å²) in [6, 6.07) is 8.78. The second kappa shape index (κ2) is 13.5. The van der Waals surface area contributed by atoms with Crippen LogP contribution in [0.1, 0.15) is 47.1 Å². The van der Waals surface area contributed by atoms with Gasteiger partial charge in [-0.15, -0.1) is 13.2 Å². The zero-order chi connectivity index (χ0) is 31.3. The SMILES string of the molecule is CCCOc1cc(OC(F)(F)F)c(F)cc1C#CC1OCC(c2ccc(/C(F)=C(\F)c3c(F)cc(C)cc3F)cc2)CO1. The Labute approximate surface area is 241 Å². The van der Waals surface area contributed by atoms with E-state index in [4.69, 9.17) is 14.2 Å². The van der Waals surface area contributed by atoms with Crippen molar-refractivity contribution >= 4 is 11.7 Å². The molecule has 0 unspecified atom stereocenters. The van der Waals surface area contributed by atoms with Gasteiger partial charge in [-0.25, -0.2) is 22.0 Å². The number of ether oxygens (including phenoxy) is 4. The fraction of sp³-hybridized carbons (Fsp3) is 0.290. The van der Waals surface area contributed by atoms with Gasteiger partial charge in [0.1, 0.15) is 17.4 Å². The highest BCUT2D eigenvalue weighted by Gasteiger charge is 2.33. The fourth-order valence-electron chi connectivity index (χ4n) is 4.13. The first-order valence-corrected chi connectivity index (χ1v) is 12.9. The maximum Gasteiger partial charge on any atom is 0.573 e. The first kappa shape index (κ1) is 31.8. The Morgan fingerprint density at radius 1 is 0.884 bits per heavy atom. The van der Waals surface area contributed by atoms with Crippen molar-refractivity contribution < 1.29 is 54.1 Å². The molecular formula is C31H24F8O4. The Bertz CT molecular complexity index is 1520. The molecule has 1 heterocycles. The minimum Gasteiger partial charge on any atom is -0.492 e. The van der Waals surface area contributed by atoms with Gasteiger partial charge in [-0.2, -0.15) is 0 Å². The van der Waals surface area contributed by atoms with Crippen LogP contribution in [-0.2, 0) is 9.47 Å². The summed E-state index contributed by atoms with van der Waals surface area (Å²) in [4.78, 5) is 0. The monoisotopic (exact) mass is 612 g/mol. The summed E-state index contributed by atoms with van der Waals surface area (Å²) in [7, 11) is 0. The van der Waals surface area contributed by atoms with Gasteiger partial charge in [0, 0.05) is 17.5 Å². The van der Waals surface area contributed by atoms with Crippen molar-refractivity contribution in [2.45, 2.75) is 38.8 Å². The standard InChI is InChI=1S/C31H24F8O4/c1-3-10-40-25-14-26(43-31(37,38)39)22(32)13-20(25)8-9-27-41-15-21(16-42-27)18-4-6-19(7-5-18)29(35)30(36)28-23(33)11-17(2)12-24(28)34/h4-7,11-14,21,27H,3,10,15-16H2,1-2H3/b30-29+. The lowest BCUT2D eigenvalue weighted by atomic mass is 9.98. The average molecular weight is 613 g/mol. The van der Waals surface area contributed by atoms with Gasteiger partial charge in [-0.05, 0) is 48.6 Å². The molecule has 0 radical (unpaired) electrons. The fourth-order valence-corrected chi connectivity index (χ4v) is 4.13. The number of halogens is 8. The number of aryl methyl sites for hydroxylation is 1. The molecular weight excluding hydrogens is 588 g/mol. The van der Waals surface area contributed by atoms with Gasteiger partial charge in [-0.3, -0.25) is 0 Å². The molecule has 43 heavy (non-hydrogen) atoms. The molecule has 1 aliphatic rings. The van der Waals surface area contributed by atoms with Crippen molar-refractivity contribution in [2.24, 2.45) is 0 Å². The summed E-state index contributed by atoms with van der Waals surface area (Å²) in [5.74, 6) is -3.14. The van der Waals surface area contributed by atoms with Gasteiger partial charge in [0.2, 0.25) is 6.29 Å². The van der Waals surface area contributed by atoms with Gasteiger partial charge in [0.25, 0.3) is 0 Å². The lowest BCUT2D eigenvalue weighted by Crippen LogP contribution is -2.29. The highest BCUT2D eigenvalue weighted by atomic mass is 19.4. The Morgan fingerprint density at radius 3 is 2.09 bits per heavy atom. The summed E-state index contributed by atoms with van der Waals surface area (Å²) in [6.45, 7) is 3.51. The summed E-state index contributed by atoms with van der Waals surface area (Å²) in [6.07, 6.45) is -5.63. The Morgan fingerprint density at radius 2 is 1.51 bits per heavy atom. The van der Waals surface area contributed by atoms with E-state index in [1.165, 1.54) is 31.2 Å². The Hall–Kier alpha value is -4.08. The molecule has 12 heteroatoms. The van der Waals surface area contributed by atoms with Crippen LogP contribution in [-0.4, -0.2) is 32.5 Å². The van der Waals surface area contributed by atoms with Crippen LogP contribution in [0.5, 0.6) is 11.5 Å². The molecule has 0 aromatic heterocycles. The van der Waals surface area contributed by atoms with E-state index in [0.717, 1.165) is 24.3 Å². The first-order valence-electron chi connectivity index (χ1n) is 12.9. The van der Waals surface area contributed by atoms with Gasteiger partial charge in [0.05, 0.1) is 30.9 Å². The highest BCUT2D eigenvalue weighted by Crippen LogP contribution is 2.34. The van der Waals surface area contributed by atoms with Gasteiger partial charge in [-0.1, -0.05) is 37.1 Å². The smallest absolute Gasteiger partial charge is 0.492 e. The number of benzene rings is 3. The van der Waals surface area contributed by atoms with E-state index in [1.807, 2.05) is 0 Å². The highest BCUT2D eigenvalue weighted by molar-refractivity contribution is 5.83. The predicted molar refractivity (Wildman–Crippen MR) is 141 cm³/mol. The molecule has 1 aliphatic heterocycles. The molecule has 4 rings (SSSR count). The molecule has 3 aromatic rings. The molecule has 0 N–H and O–H groups in total. The van der Waals surface area contributed by atoms with E-state index < -0.39 is 53.1 Å². The summed E-state index contributed by atoms with van der Waals surface area (Å²) in [5.41, 5.74) is -0.519. The van der Waals surface area contributed by atoms with E-state index in [9.17, 15) is 35.1 Å². The summed E-state index contributed by atoms with van der Waals surface area (Å²) >= 11 is 0. The minimum absolute atomic E-state index is 0.0434. The van der Waals surface area contributed by atoms with Gasteiger partial charge >= 0.3 is 6.36 Å². The van der Waals surface area contributed by atoms with Crippen molar-refractivity contribution in [1.82, 2.24) is 0 Å². The van der Waals surface area contributed by atoms with E-state index in [-0.39, 0.29) is 48.2 Å². The van der Waals surface area contributed by atoms with E-state index in [0.29, 0.717) is 12.0 Å². The van der Waals surface area contributed by atoms with Crippen LogP contribution >= 0.6 is 0 Å². The Balaban J connectivity index is 1.44. The predicted octanol–water partition coefficient (Wildman–Crippen LogP) is 8.37. The second-order valence-corrected chi connectivity index (χ2v) is 9.49.